The zero-order valence-electron chi connectivity index (χ0n) is 12.2. The molecule has 17 heavy (non-hydrogen) atoms. The molecule has 0 radical (unpaired) electrons. The molecule has 0 bridgehead atoms. The number of aliphatic hydroxyl groups excluding tert-OH is 1. The van der Waals surface area contributed by atoms with E-state index in [9.17, 15) is 5.11 Å². The van der Waals surface area contributed by atoms with Crippen LogP contribution in [-0.2, 0) is 0 Å². The summed E-state index contributed by atoms with van der Waals surface area (Å²) in [4.78, 5) is 2.49. The number of hydrogen-bond acceptors (Lipinski definition) is 3. The standard InChI is InChI=1S/C14H30N2O/c1-11(8-15-14(3,4)5)9-16-7-6-13(10-16)12(2)17/h11-13,15,17H,6-10H2,1-5H3. The summed E-state index contributed by atoms with van der Waals surface area (Å²) >= 11 is 0. The molecule has 102 valence electrons. The van der Waals surface area contributed by atoms with Crippen molar-refractivity contribution in [2.75, 3.05) is 26.2 Å². The van der Waals surface area contributed by atoms with Crippen molar-refractivity contribution < 1.29 is 5.11 Å². The van der Waals surface area contributed by atoms with Crippen LogP contribution in [0, 0.1) is 11.8 Å². The number of nitrogens with one attached hydrogen (secondary N) is 1. The van der Waals surface area contributed by atoms with Gasteiger partial charge in [-0.05, 0) is 59.0 Å². The van der Waals surface area contributed by atoms with Gasteiger partial charge in [-0.3, -0.25) is 0 Å². The molecular weight excluding hydrogens is 212 g/mol. The smallest absolute Gasteiger partial charge is 0.0552 e. The summed E-state index contributed by atoms with van der Waals surface area (Å²) in [6, 6.07) is 0. The molecule has 3 unspecified atom stereocenters. The van der Waals surface area contributed by atoms with Crippen LogP contribution in [0.3, 0.4) is 0 Å². The number of rotatable bonds is 5. The molecule has 3 atom stereocenters. The van der Waals surface area contributed by atoms with Crippen molar-refractivity contribution >= 4 is 0 Å². The summed E-state index contributed by atoms with van der Waals surface area (Å²) in [6.45, 7) is 15.3. The van der Waals surface area contributed by atoms with Gasteiger partial charge < -0.3 is 15.3 Å². The summed E-state index contributed by atoms with van der Waals surface area (Å²) in [5.74, 6) is 1.15. The van der Waals surface area contributed by atoms with Gasteiger partial charge >= 0.3 is 0 Å². The summed E-state index contributed by atoms with van der Waals surface area (Å²) in [5, 5.41) is 13.1. The first-order chi connectivity index (χ1) is 7.78. The van der Waals surface area contributed by atoms with Crippen molar-refractivity contribution in [3.63, 3.8) is 0 Å². The van der Waals surface area contributed by atoms with Gasteiger partial charge in [-0.25, -0.2) is 0 Å². The Hall–Kier alpha value is -0.120. The first kappa shape index (κ1) is 14.9. The first-order valence-electron chi connectivity index (χ1n) is 6.93. The van der Waals surface area contributed by atoms with E-state index in [1.165, 1.54) is 0 Å². The zero-order valence-corrected chi connectivity index (χ0v) is 12.2. The molecule has 1 fully saturated rings. The summed E-state index contributed by atoms with van der Waals surface area (Å²) in [5.41, 5.74) is 0.210. The third kappa shape index (κ3) is 5.84. The molecular formula is C14H30N2O. The maximum absolute atomic E-state index is 9.58. The van der Waals surface area contributed by atoms with Gasteiger partial charge in [-0.15, -0.1) is 0 Å². The Morgan fingerprint density at radius 2 is 2.00 bits per heavy atom. The molecule has 1 aliphatic rings. The van der Waals surface area contributed by atoms with Crippen LogP contribution >= 0.6 is 0 Å². The average molecular weight is 242 g/mol. The van der Waals surface area contributed by atoms with E-state index >= 15 is 0 Å². The number of nitrogens with zero attached hydrogens (tertiary/aromatic N) is 1. The lowest BCUT2D eigenvalue weighted by Crippen LogP contribution is -2.41. The molecule has 2 N–H and O–H groups in total. The molecule has 1 rings (SSSR count). The summed E-state index contributed by atoms with van der Waals surface area (Å²) < 4.78 is 0. The SMILES string of the molecule is CC(CNC(C)(C)C)CN1CCC(C(C)O)C1. The Morgan fingerprint density at radius 3 is 2.47 bits per heavy atom. The van der Waals surface area contributed by atoms with E-state index in [1.54, 1.807) is 0 Å². The van der Waals surface area contributed by atoms with Crippen LogP contribution in [0.15, 0.2) is 0 Å². The molecule has 0 aromatic rings. The van der Waals surface area contributed by atoms with Crippen LogP contribution in [0.25, 0.3) is 0 Å². The topological polar surface area (TPSA) is 35.5 Å². The lowest BCUT2D eigenvalue weighted by Gasteiger charge is -2.26. The highest BCUT2D eigenvalue weighted by molar-refractivity contribution is 4.81. The third-order valence-electron chi connectivity index (χ3n) is 3.54. The van der Waals surface area contributed by atoms with E-state index < -0.39 is 0 Å². The van der Waals surface area contributed by atoms with Crippen molar-refractivity contribution in [3.8, 4) is 0 Å². The van der Waals surface area contributed by atoms with Crippen molar-refractivity contribution in [3.05, 3.63) is 0 Å². The van der Waals surface area contributed by atoms with Gasteiger partial charge in [0.05, 0.1) is 6.10 Å². The van der Waals surface area contributed by atoms with Gasteiger partial charge in [0.25, 0.3) is 0 Å². The number of aliphatic hydroxyl groups is 1. The van der Waals surface area contributed by atoms with Crippen molar-refractivity contribution in [2.45, 2.75) is 52.7 Å². The molecule has 3 heteroatoms. The summed E-state index contributed by atoms with van der Waals surface area (Å²) in [7, 11) is 0. The number of likely N-dealkylation sites (tertiary alicyclic amines) is 1. The van der Waals surface area contributed by atoms with Crippen LogP contribution < -0.4 is 5.32 Å². The van der Waals surface area contributed by atoms with E-state index in [4.69, 9.17) is 0 Å². The normalized spacial score (nSPS) is 26.1. The average Bonchev–Trinajstić information content (AvgIpc) is 2.62. The predicted molar refractivity (Wildman–Crippen MR) is 73.1 cm³/mol. The maximum atomic E-state index is 9.58. The second-order valence-corrected chi connectivity index (χ2v) is 6.79. The van der Waals surface area contributed by atoms with Crippen LogP contribution in [0.2, 0.25) is 0 Å². The Balaban J connectivity index is 2.22. The second-order valence-electron chi connectivity index (χ2n) is 6.79. The molecule has 0 spiro atoms. The van der Waals surface area contributed by atoms with E-state index in [-0.39, 0.29) is 11.6 Å². The molecule has 1 heterocycles. The van der Waals surface area contributed by atoms with Gasteiger partial charge in [0.15, 0.2) is 0 Å². The highest BCUT2D eigenvalue weighted by atomic mass is 16.3. The van der Waals surface area contributed by atoms with Gasteiger partial charge in [0.2, 0.25) is 0 Å². The first-order valence-corrected chi connectivity index (χ1v) is 6.93. The Morgan fingerprint density at radius 1 is 1.35 bits per heavy atom. The zero-order chi connectivity index (χ0) is 13.1. The third-order valence-corrected chi connectivity index (χ3v) is 3.54. The van der Waals surface area contributed by atoms with Crippen LogP contribution in [0.4, 0.5) is 0 Å². The van der Waals surface area contributed by atoms with Crippen LogP contribution in [-0.4, -0.2) is 47.8 Å². The lowest BCUT2D eigenvalue weighted by molar-refractivity contribution is 0.126. The summed E-state index contributed by atoms with van der Waals surface area (Å²) in [6.07, 6.45) is 1.000. The predicted octanol–water partition coefficient (Wildman–Crippen LogP) is 1.71. The Labute approximate surface area is 107 Å². The molecule has 0 amide bonds. The van der Waals surface area contributed by atoms with Crippen LogP contribution in [0.5, 0.6) is 0 Å². The van der Waals surface area contributed by atoms with Gasteiger partial charge in [0.1, 0.15) is 0 Å². The molecule has 1 aliphatic heterocycles. The fraction of sp³-hybridized carbons (Fsp3) is 1.00. The Bertz CT molecular complexity index is 223. The van der Waals surface area contributed by atoms with Crippen molar-refractivity contribution in [2.24, 2.45) is 11.8 Å². The monoisotopic (exact) mass is 242 g/mol. The highest BCUT2D eigenvalue weighted by Gasteiger charge is 2.26. The maximum Gasteiger partial charge on any atom is 0.0552 e. The van der Waals surface area contributed by atoms with E-state index in [0.717, 1.165) is 32.6 Å². The minimum Gasteiger partial charge on any atom is -0.393 e. The minimum atomic E-state index is -0.150. The largest absolute Gasteiger partial charge is 0.393 e. The molecule has 0 aromatic heterocycles. The van der Waals surface area contributed by atoms with E-state index in [2.05, 4.69) is 37.9 Å². The molecule has 1 saturated heterocycles. The molecule has 0 aliphatic carbocycles. The lowest BCUT2D eigenvalue weighted by atomic mass is 10.0. The second kappa shape index (κ2) is 6.17. The van der Waals surface area contributed by atoms with E-state index in [0.29, 0.717) is 11.8 Å². The number of hydrogen-bond donors (Lipinski definition) is 2. The molecule has 0 saturated carbocycles. The van der Waals surface area contributed by atoms with Gasteiger partial charge in [0, 0.05) is 18.6 Å². The minimum absolute atomic E-state index is 0.150. The fourth-order valence-corrected chi connectivity index (χ4v) is 2.41. The van der Waals surface area contributed by atoms with Crippen molar-refractivity contribution in [1.29, 1.82) is 0 Å². The van der Waals surface area contributed by atoms with Crippen molar-refractivity contribution in [1.82, 2.24) is 10.2 Å². The van der Waals surface area contributed by atoms with E-state index in [1.807, 2.05) is 6.92 Å². The van der Waals surface area contributed by atoms with Crippen LogP contribution in [0.1, 0.15) is 41.0 Å². The fourth-order valence-electron chi connectivity index (χ4n) is 2.41. The quantitative estimate of drug-likeness (QED) is 0.770. The molecule has 3 nitrogen and oxygen atoms in total. The van der Waals surface area contributed by atoms with Gasteiger partial charge in [-0.1, -0.05) is 6.92 Å². The van der Waals surface area contributed by atoms with Gasteiger partial charge in [-0.2, -0.15) is 0 Å². The molecule has 0 aromatic carbocycles. The highest BCUT2D eigenvalue weighted by Crippen LogP contribution is 2.20. The Kier molecular flexibility index (Phi) is 5.42.